The van der Waals surface area contributed by atoms with Gasteiger partial charge in [0, 0.05) is 0 Å². The van der Waals surface area contributed by atoms with E-state index in [4.69, 9.17) is 9.47 Å². The summed E-state index contributed by atoms with van der Waals surface area (Å²) < 4.78 is 13.4. The molecule has 2 heterocycles. The maximum atomic E-state index is 13.6. The Morgan fingerprint density at radius 1 is 1.29 bits per heavy atom. The van der Waals surface area contributed by atoms with Crippen molar-refractivity contribution in [2.24, 2.45) is 4.99 Å². The van der Waals surface area contributed by atoms with Crippen LogP contribution in [0.5, 0.6) is 11.5 Å². The lowest BCUT2D eigenvalue weighted by atomic mass is 9.96. The number of allylic oxidation sites excluding steroid dienone is 1. The number of carbonyl (C=O) groups is 1. The van der Waals surface area contributed by atoms with E-state index in [0.717, 1.165) is 11.1 Å². The molecule has 35 heavy (non-hydrogen) atoms. The number of rotatable bonds is 7. The van der Waals surface area contributed by atoms with Gasteiger partial charge >= 0.3 is 5.97 Å². The van der Waals surface area contributed by atoms with E-state index in [1.807, 2.05) is 12.1 Å². The zero-order valence-corrected chi connectivity index (χ0v) is 21.6. The van der Waals surface area contributed by atoms with Gasteiger partial charge in [-0.2, -0.15) is 0 Å². The van der Waals surface area contributed by atoms with Gasteiger partial charge in [0.15, 0.2) is 4.80 Å². The summed E-state index contributed by atoms with van der Waals surface area (Å²) in [5.74, 6) is 0.249. The van der Waals surface area contributed by atoms with Crippen molar-refractivity contribution in [1.82, 2.24) is 4.57 Å². The van der Waals surface area contributed by atoms with Gasteiger partial charge in [-0.25, -0.2) is 9.79 Å². The fourth-order valence-corrected chi connectivity index (χ4v) is 5.22. The van der Waals surface area contributed by atoms with Gasteiger partial charge in [0.1, 0.15) is 18.1 Å². The van der Waals surface area contributed by atoms with Crippen molar-refractivity contribution >= 4 is 39.3 Å². The molecule has 0 aliphatic carbocycles. The average molecular weight is 555 g/mol. The van der Waals surface area contributed by atoms with Crippen molar-refractivity contribution in [2.75, 3.05) is 13.2 Å². The summed E-state index contributed by atoms with van der Waals surface area (Å²) in [5.41, 5.74) is 2.01. The standard InChI is InChI=1S/C26H23BrN2O5S/c1-4-12-34-18-9-7-17(8-10-18)23-22(25(32)33-5-2)15(3)28-26-29(23)24(31)21(35-26)14-16-6-11-20(30)19(27)13-16/h4,6-11,13-14,23,30H,1,5,12H2,2-3H3/b21-14-/t23-/m0/s1. The zero-order valence-electron chi connectivity index (χ0n) is 19.2. The molecule has 0 radical (unpaired) electrons. The molecule has 0 bridgehead atoms. The first-order valence-electron chi connectivity index (χ1n) is 10.9. The molecule has 7 nitrogen and oxygen atoms in total. The van der Waals surface area contributed by atoms with Crippen LogP contribution in [0.4, 0.5) is 0 Å². The second-order valence-electron chi connectivity index (χ2n) is 7.68. The van der Waals surface area contributed by atoms with Gasteiger partial charge in [0.25, 0.3) is 5.56 Å². The first kappa shape index (κ1) is 24.7. The van der Waals surface area contributed by atoms with E-state index in [1.165, 1.54) is 15.9 Å². The van der Waals surface area contributed by atoms with Crippen molar-refractivity contribution in [2.45, 2.75) is 19.9 Å². The maximum absolute atomic E-state index is 13.6. The third-order valence-corrected chi connectivity index (χ3v) is 6.97. The minimum Gasteiger partial charge on any atom is -0.507 e. The fourth-order valence-electron chi connectivity index (χ4n) is 3.77. The molecule has 0 fully saturated rings. The van der Waals surface area contributed by atoms with Crippen LogP contribution >= 0.6 is 27.3 Å². The van der Waals surface area contributed by atoms with Crippen molar-refractivity contribution in [1.29, 1.82) is 0 Å². The van der Waals surface area contributed by atoms with Crippen LogP contribution in [0.25, 0.3) is 6.08 Å². The van der Waals surface area contributed by atoms with Gasteiger partial charge in [-0.15, -0.1) is 0 Å². The molecule has 1 atom stereocenters. The van der Waals surface area contributed by atoms with E-state index < -0.39 is 12.0 Å². The smallest absolute Gasteiger partial charge is 0.338 e. The summed E-state index contributed by atoms with van der Waals surface area (Å²) in [4.78, 5) is 31.6. The number of carbonyl (C=O) groups excluding carboxylic acids is 1. The lowest BCUT2D eigenvalue weighted by molar-refractivity contribution is -0.139. The molecule has 0 spiro atoms. The Balaban J connectivity index is 1.89. The van der Waals surface area contributed by atoms with Crippen LogP contribution in [-0.4, -0.2) is 28.9 Å². The zero-order chi connectivity index (χ0) is 25.1. The van der Waals surface area contributed by atoms with E-state index in [-0.39, 0.29) is 17.9 Å². The molecule has 3 aromatic rings. The third-order valence-electron chi connectivity index (χ3n) is 5.35. The minimum atomic E-state index is -0.701. The summed E-state index contributed by atoms with van der Waals surface area (Å²) in [5, 5.41) is 9.78. The lowest BCUT2D eigenvalue weighted by Gasteiger charge is -2.24. The summed E-state index contributed by atoms with van der Waals surface area (Å²) in [6.07, 6.45) is 3.39. The number of phenolic OH excluding ortho intramolecular Hbond substituents is 1. The quantitative estimate of drug-likeness (QED) is 0.354. The Morgan fingerprint density at radius 2 is 2.03 bits per heavy atom. The second kappa shape index (κ2) is 10.5. The van der Waals surface area contributed by atoms with Crippen LogP contribution in [0.15, 0.2) is 80.6 Å². The number of hydrogen-bond acceptors (Lipinski definition) is 7. The van der Waals surface area contributed by atoms with E-state index >= 15 is 0 Å². The maximum Gasteiger partial charge on any atom is 0.338 e. The number of fused-ring (bicyclic) bond motifs is 1. The number of hydrogen-bond donors (Lipinski definition) is 1. The topological polar surface area (TPSA) is 90.1 Å². The number of benzene rings is 2. The molecule has 1 aliphatic heterocycles. The van der Waals surface area contributed by atoms with Crippen molar-refractivity contribution < 1.29 is 19.4 Å². The van der Waals surface area contributed by atoms with Crippen LogP contribution in [0.1, 0.15) is 31.0 Å². The largest absolute Gasteiger partial charge is 0.507 e. The van der Waals surface area contributed by atoms with E-state index in [9.17, 15) is 14.7 Å². The molecular formula is C26H23BrN2O5S. The highest BCUT2D eigenvalue weighted by atomic mass is 79.9. The molecule has 4 rings (SSSR count). The number of ether oxygens (including phenoxy) is 2. The lowest BCUT2D eigenvalue weighted by Crippen LogP contribution is -2.39. The first-order valence-corrected chi connectivity index (χ1v) is 12.5. The van der Waals surface area contributed by atoms with Gasteiger partial charge in [-0.1, -0.05) is 42.2 Å². The van der Waals surface area contributed by atoms with Gasteiger partial charge in [-0.3, -0.25) is 9.36 Å². The predicted molar refractivity (Wildman–Crippen MR) is 138 cm³/mol. The van der Waals surface area contributed by atoms with Gasteiger partial charge in [0.05, 0.1) is 32.9 Å². The van der Waals surface area contributed by atoms with Gasteiger partial charge in [-0.05, 0) is 71.2 Å². The average Bonchev–Trinajstić information content (AvgIpc) is 3.14. The van der Waals surface area contributed by atoms with Crippen LogP contribution in [0, 0.1) is 0 Å². The molecule has 1 aliphatic rings. The molecule has 2 aromatic carbocycles. The van der Waals surface area contributed by atoms with Gasteiger partial charge < -0.3 is 14.6 Å². The number of thiazole rings is 1. The van der Waals surface area contributed by atoms with Crippen LogP contribution in [-0.2, 0) is 9.53 Å². The first-order chi connectivity index (χ1) is 16.8. The molecule has 180 valence electrons. The molecule has 1 aromatic heterocycles. The number of esters is 1. The number of nitrogens with zero attached hydrogens (tertiary/aromatic N) is 2. The molecule has 9 heteroatoms. The highest BCUT2D eigenvalue weighted by molar-refractivity contribution is 9.10. The minimum absolute atomic E-state index is 0.110. The molecule has 0 saturated carbocycles. The molecular weight excluding hydrogens is 532 g/mol. The number of phenols is 1. The van der Waals surface area contributed by atoms with Crippen LogP contribution < -0.4 is 19.6 Å². The van der Waals surface area contributed by atoms with E-state index in [0.29, 0.717) is 37.4 Å². The predicted octanol–water partition coefficient (Wildman–Crippen LogP) is 3.83. The Hall–Kier alpha value is -3.43. The van der Waals surface area contributed by atoms with Crippen molar-refractivity contribution in [3.8, 4) is 11.5 Å². The van der Waals surface area contributed by atoms with Crippen LogP contribution in [0.2, 0.25) is 0 Å². The Bertz CT molecular complexity index is 1500. The highest BCUT2D eigenvalue weighted by Gasteiger charge is 2.33. The normalized spacial score (nSPS) is 15.4. The highest BCUT2D eigenvalue weighted by Crippen LogP contribution is 2.31. The summed E-state index contributed by atoms with van der Waals surface area (Å²) in [6.45, 7) is 7.71. The molecule has 1 N–H and O–H groups in total. The SMILES string of the molecule is C=CCOc1ccc([C@H]2C(C(=O)OCC)=C(C)N=c3s/c(=C\c4ccc(O)c(Br)c4)c(=O)n32)cc1. The van der Waals surface area contributed by atoms with Crippen LogP contribution in [0.3, 0.4) is 0 Å². The monoisotopic (exact) mass is 554 g/mol. The fraction of sp³-hybridized carbons (Fsp3) is 0.192. The number of halogens is 1. The number of aromatic nitrogens is 1. The van der Waals surface area contributed by atoms with Crippen molar-refractivity contribution in [3.05, 3.63) is 102 Å². The van der Waals surface area contributed by atoms with E-state index in [1.54, 1.807) is 56.3 Å². The summed E-state index contributed by atoms with van der Waals surface area (Å²) >= 11 is 4.54. The molecule has 0 saturated heterocycles. The summed E-state index contributed by atoms with van der Waals surface area (Å²) in [6, 6.07) is 11.5. The second-order valence-corrected chi connectivity index (χ2v) is 9.55. The Kier molecular flexibility index (Phi) is 7.37. The Morgan fingerprint density at radius 3 is 2.69 bits per heavy atom. The Labute approximate surface area is 214 Å². The number of aromatic hydroxyl groups is 1. The summed E-state index contributed by atoms with van der Waals surface area (Å²) in [7, 11) is 0. The third kappa shape index (κ3) is 5.01. The van der Waals surface area contributed by atoms with Gasteiger partial charge in [0.2, 0.25) is 0 Å². The molecule has 0 amide bonds. The molecule has 0 unspecified atom stereocenters. The van der Waals surface area contributed by atoms with Crippen molar-refractivity contribution in [3.63, 3.8) is 0 Å². The van der Waals surface area contributed by atoms with E-state index in [2.05, 4.69) is 27.5 Å².